The number of aliphatic hydroxyl groups is 1. The van der Waals surface area contributed by atoms with Crippen molar-refractivity contribution in [2.45, 2.75) is 18.9 Å². The number of carbonyl (C=O) groups is 1. The minimum absolute atomic E-state index is 0.219. The van der Waals surface area contributed by atoms with Crippen LogP contribution in [-0.4, -0.2) is 31.3 Å². The molecule has 0 bridgehead atoms. The lowest BCUT2D eigenvalue weighted by molar-refractivity contribution is 0.167. The molecule has 0 aromatic heterocycles. The van der Waals surface area contributed by atoms with Gasteiger partial charge in [-0.25, -0.2) is 4.79 Å². The number of nitrogens with one attached hydrogen (secondary N) is 2. The zero-order valence-electron chi connectivity index (χ0n) is 13.9. The van der Waals surface area contributed by atoms with Crippen LogP contribution in [0.15, 0.2) is 54.6 Å². The lowest BCUT2D eigenvalue weighted by Crippen LogP contribution is -2.37. The Kier molecular flexibility index (Phi) is 7.11. The van der Waals surface area contributed by atoms with Crippen LogP contribution in [0.2, 0.25) is 0 Å². The van der Waals surface area contributed by atoms with Gasteiger partial charge >= 0.3 is 6.03 Å². The smallest absolute Gasteiger partial charge is 0.314 e. The summed E-state index contributed by atoms with van der Waals surface area (Å²) >= 11 is 0. The van der Waals surface area contributed by atoms with Crippen molar-refractivity contribution in [3.63, 3.8) is 0 Å². The second-order valence-corrected chi connectivity index (χ2v) is 5.50. The Morgan fingerprint density at radius 3 is 2.38 bits per heavy atom. The van der Waals surface area contributed by atoms with E-state index in [-0.39, 0.29) is 6.03 Å². The van der Waals surface area contributed by atoms with Crippen LogP contribution < -0.4 is 15.4 Å². The van der Waals surface area contributed by atoms with E-state index in [1.165, 1.54) is 0 Å². The molecule has 2 aromatic rings. The minimum Gasteiger partial charge on any atom is -0.497 e. The predicted molar refractivity (Wildman–Crippen MR) is 94.1 cm³/mol. The maximum Gasteiger partial charge on any atom is 0.314 e. The molecule has 2 aromatic carbocycles. The zero-order valence-corrected chi connectivity index (χ0v) is 13.9. The first-order valence-electron chi connectivity index (χ1n) is 8.06. The molecule has 1 atom stereocenters. The molecule has 0 aliphatic carbocycles. The fraction of sp³-hybridized carbons (Fsp3) is 0.316. The molecule has 128 valence electrons. The van der Waals surface area contributed by atoms with Gasteiger partial charge in [-0.05, 0) is 36.1 Å². The molecule has 0 aliphatic rings. The van der Waals surface area contributed by atoms with Crippen molar-refractivity contribution >= 4 is 6.03 Å². The number of rotatable bonds is 8. The molecular formula is C19H24N2O3. The number of aliphatic hydroxyl groups excluding tert-OH is 1. The van der Waals surface area contributed by atoms with E-state index >= 15 is 0 Å². The summed E-state index contributed by atoms with van der Waals surface area (Å²) in [4.78, 5) is 11.7. The van der Waals surface area contributed by atoms with Crippen molar-refractivity contribution in [3.05, 3.63) is 65.7 Å². The number of hydrogen-bond acceptors (Lipinski definition) is 3. The van der Waals surface area contributed by atoms with Crippen LogP contribution in [0.1, 0.15) is 23.7 Å². The molecule has 0 radical (unpaired) electrons. The Morgan fingerprint density at radius 1 is 1.04 bits per heavy atom. The molecule has 0 spiro atoms. The van der Waals surface area contributed by atoms with E-state index in [0.717, 1.165) is 23.3 Å². The van der Waals surface area contributed by atoms with E-state index in [9.17, 15) is 9.90 Å². The van der Waals surface area contributed by atoms with Crippen LogP contribution in [0, 0.1) is 0 Å². The van der Waals surface area contributed by atoms with E-state index in [4.69, 9.17) is 4.74 Å². The molecule has 3 N–H and O–H groups in total. The summed E-state index contributed by atoms with van der Waals surface area (Å²) in [5.41, 5.74) is 2.00. The topological polar surface area (TPSA) is 70.6 Å². The van der Waals surface area contributed by atoms with Gasteiger partial charge in [0.25, 0.3) is 0 Å². The molecule has 5 nitrogen and oxygen atoms in total. The van der Waals surface area contributed by atoms with E-state index in [2.05, 4.69) is 10.6 Å². The summed E-state index contributed by atoms with van der Waals surface area (Å²) in [6.45, 7) is 0.976. The zero-order chi connectivity index (χ0) is 17.2. The molecule has 0 aliphatic heterocycles. The number of urea groups is 1. The summed E-state index contributed by atoms with van der Waals surface area (Å²) in [5, 5.41) is 15.6. The Balaban J connectivity index is 1.61. The molecule has 2 amide bonds. The van der Waals surface area contributed by atoms with Crippen LogP contribution in [0.25, 0.3) is 0 Å². The van der Waals surface area contributed by atoms with Gasteiger partial charge in [-0.2, -0.15) is 0 Å². The molecule has 2 rings (SSSR count). The molecule has 0 heterocycles. The van der Waals surface area contributed by atoms with Gasteiger partial charge in [0.2, 0.25) is 0 Å². The fourth-order valence-corrected chi connectivity index (χ4v) is 2.34. The molecule has 1 unspecified atom stereocenters. The normalized spacial score (nSPS) is 11.6. The van der Waals surface area contributed by atoms with E-state index in [1.54, 1.807) is 7.11 Å². The second-order valence-electron chi connectivity index (χ2n) is 5.50. The van der Waals surface area contributed by atoms with Crippen LogP contribution >= 0.6 is 0 Å². The molecule has 5 heteroatoms. The summed E-state index contributed by atoms with van der Waals surface area (Å²) < 4.78 is 5.11. The number of carbonyl (C=O) groups excluding carboxylic acids is 1. The third-order valence-electron chi connectivity index (χ3n) is 3.75. The van der Waals surface area contributed by atoms with E-state index in [0.29, 0.717) is 19.5 Å². The number of benzene rings is 2. The van der Waals surface area contributed by atoms with Gasteiger partial charge in [0.1, 0.15) is 5.75 Å². The number of hydrogen-bond donors (Lipinski definition) is 3. The van der Waals surface area contributed by atoms with Crippen molar-refractivity contribution in [1.82, 2.24) is 10.6 Å². The van der Waals surface area contributed by atoms with Gasteiger partial charge in [0.15, 0.2) is 0 Å². The average Bonchev–Trinajstić information content (AvgIpc) is 2.63. The SMILES string of the molecule is COc1ccc(CCNC(=O)NCCC(O)c2ccccc2)cc1. The highest BCUT2D eigenvalue weighted by Crippen LogP contribution is 2.14. The Hall–Kier alpha value is -2.53. The largest absolute Gasteiger partial charge is 0.497 e. The highest BCUT2D eigenvalue weighted by molar-refractivity contribution is 5.73. The fourth-order valence-electron chi connectivity index (χ4n) is 2.34. The highest BCUT2D eigenvalue weighted by atomic mass is 16.5. The maximum absolute atomic E-state index is 11.7. The van der Waals surface area contributed by atoms with E-state index in [1.807, 2.05) is 54.6 Å². The Bertz CT molecular complexity index is 614. The molecule has 0 saturated heterocycles. The molecular weight excluding hydrogens is 304 g/mol. The van der Waals surface area contributed by atoms with Crippen molar-refractivity contribution in [1.29, 1.82) is 0 Å². The van der Waals surface area contributed by atoms with Crippen LogP contribution in [0.5, 0.6) is 5.75 Å². The van der Waals surface area contributed by atoms with Gasteiger partial charge in [0, 0.05) is 13.1 Å². The summed E-state index contributed by atoms with van der Waals surface area (Å²) in [6.07, 6.45) is 0.672. The molecule has 0 saturated carbocycles. The quantitative estimate of drug-likeness (QED) is 0.698. The van der Waals surface area contributed by atoms with Crippen molar-refractivity contribution in [2.24, 2.45) is 0 Å². The lowest BCUT2D eigenvalue weighted by Gasteiger charge is -2.12. The van der Waals surface area contributed by atoms with Crippen molar-refractivity contribution < 1.29 is 14.6 Å². The van der Waals surface area contributed by atoms with Gasteiger partial charge in [0.05, 0.1) is 13.2 Å². The Morgan fingerprint density at radius 2 is 1.71 bits per heavy atom. The van der Waals surface area contributed by atoms with Gasteiger partial charge < -0.3 is 20.5 Å². The van der Waals surface area contributed by atoms with Crippen LogP contribution in [-0.2, 0) is 6.42 Å². The van der Waals surface area contributed by atoms with Crippen molar-refractivity contribution in [3.8, 4) is 5.75 Å². The number of ether oxygens (including phenoxy) is 1. The first-order chi connectivity index (χ1) is 11.7. The first-order valence-corrected chi connectivity index (χ1v) is 8.06. The standard InChI is InChI=1S/C19H24N2O3/c1-24-17-9-7-15(8-10-17)11-13-20-19(23)21-14-12-18(22)16-5-3-2-4-6-16/h2-10,18,22H,11-14H2,1H3,(H2,20,21,23). The number of methoxy groups -OCH3 is 1. The lowest BCUT2D eigenvalue weighted by atomic mass is 10.1. The summed E-state index contributed by atoms with van der Waals surface area (Å²) in [5.74, 6) is 0.821. The van der Waals surface area contributed by atoms with Gasteiger partial charge in [-0.15, -0.1) is 0 Å². The van der Waals surface area contributed by atoms with Crippen LogP contribution in [0.4, 0.5) is 4.79 Å². The predicted octanol–water partition coefficient (Wildman–Crippen LogP) is 2.66. The van der Waals surface area contributed by atoms with Crippen LogP contribution in [0.3, 0.4) is 0 Å². The third kappa shape index (κ3) is 5.93. The molecule has 24 heavy (non-hydrogen) atoms. The summed E-state index contributed by atoms with van der Waals surface area (Å²) in [7, 11) is 1.63. The Labute approximate surface area is 142 Å². The highest BCUT2D eigenvalue weighted by Gasteiger charge is 2.07. The van der Waals surface area contributed by atoms with Gasteiger partial charge in [-0.3, -0.25) is 0 Å². The number of amides is 2. The monoisotopic (exact) mass is 328 g/mol. The van der Waals surface area contributed by atoms with Gasteiger partial charge in [-0.1, -0.05) is 42.5 Å². The minimum atomic E-state index is -0.564. The average molecular weight is 328 g/mol. The second kappa shape index (κ2) is 9.57. The first kappa shape index (κ1) is 17.8. The van der Waals surface area contributed by atoms with E-state index < -0.39 is 6.10 Å². The third-order valence-corrected chi connectivity index (χ3v) is 3.75. The van der Waals surface area contributed by atoms with Crippen molar-refractivity contribution in [2.75, 3.05) is 20.2 Å². The molecule has 0 fully saturated rings. The maximum atomic E-state index is 11.7. The summed E-state index contributed by atoms with van der Waals surface area (Å²) in [6, 6.07) is 17.0.